The zero-order chi connectivity index (χ0) is 10.7. The van der Waals surface area contributed by atoms with E-state index in [9.17, 15) is 5.11 Å². The van der Waals surface area contributed by atoms with Gasteiger partial charge < -0.3 is 9.84 Å². The fourth-order valence-corrected chi connectivity index (χ4v) is 3.11. The van der Waals surface area contributed by atoms with Crippen LogP contribution in [0.1, 0.15) is 51.9 Å². The van der Waals surface area contributed by atoms with E-state index in [1.54, 1.807) is 0 Å². The predicted molar refractivity (Wildman–Crippen MR) is 60.7 cm³/mol. The van der Waals surface area contributed by atoms with Crippen molar-refractivity contribution in [2.75, 3.05) is 6.61 Å². The van der Waals surface area contributed by atoms with Crippen LogP contribution in [0.4, 0.5) is 0 Å². The summed E-state index contributed by atoms with van der Waals surface area (Å²) in [5.41, 5.74) is 0. The van der Waals surface area contributed by atoms with Gasteiger partial charge in [0.15, 0.2) is 0 Å². The highest BCUT2D eigenvalue weighted by atomic mass is 16.5. The third-order valence-corrected chi connectivity index (χ3v) is 4.31. The quantitative estimate of drug-likeness (QED) is 0.776. The zero-order valence-electron chi connectivity index (χ0n) is 9.82. The van der Waals surface area contributed by atoms with Crippen LogP contribution in [0, 0.1) is 11.8 Å². The molecular weight excluding hydrogens is 188 g/mol. The normalized spacial score (nSPS) is 41.2. The molecule has 2 nitrogen and oxygen atoms in total. The van der Waals surface area contributed by atoms with Crippen molar-refractivity contribution in [1.29, 1.82) is 0 Å². The number of rotatable bonds is 4. The van der Waals surface area contributed by atoms with Gasteiger partial charge >= 0.3 is 0 Å². The minimum atomic E-state index is -0.0299. The number of aliphatic hydroxyl groups is 1. The molecule has 0 aromatic carbocycles. The second-order valence-electron chi connectivity index (χ2n) is 5.33. The molecule has 1 aliphatic heterocycles. The first-order chi connectivity index (χ1) is 7.27. The van der Waals surface area contributed by atoms with Crippen LogP contribution >= 0.6 is 0 Å². The van der Waals surface area contributed by atoms with Crippen molar-refractivity contribution < 1.29 is 9.84 Å². The molecule has 2 aliphatic rings. The highest BCUT2D eigenvalue weighted by molar-refractivity contribution is 4.81. The molecule has 0 aromatic heterocycles. The summed E-state index contributed by atoms with van der Waals surface area (Å²) in [5, 5.41) is 9.65. The summed E-state index contributed by atoms with van der Waals surface area (Å²) in [5.74, 6) is 1.29. The summed E-state index contributed by atoms with van der Waals surface area (Å²) in [7, 11) is 0. The van der Waals surface area contributed by atoms with Crippen molar-refractivity contribution in [3.63, 3.8) is 0 Å². The number of hydrogen-bond donors (Lipinski definition) is 1. The SMILES string of the molecule is CC1C(O)CCC1CCCC1CCCO1. The van der Waals surface area contributed by atoms with Gasteiger partial charge in [0.05, 0.1) is 12.2 Å². The zero-order valence-corrected chi connectivity index (χ0v) is 9.82. The van der Waals surface area contributed by atoms with Gasteiger partial charge in [0.2, 0.25) is 0 Å². The van der Waals surface area contributed by atoms with Gasteiger partial charge in [-0.25, -0.2) is 0 Å². The van der Waals surface area contributed by atoms with Crippen LogP contribution in [0.2, 0.25) is 0 Å². The molecule has 1 saturated heterocycles. The van der Waals surface area contributed by atoms with Crippen LogP contribution in [-0.2, 0) is 4.74 Å². The first-order valence-electron chi connectivity index (χ1n) is 6.57. The molecule has 88 valence electrons. The van der Waals surface area contributed by atoms with Crippen LogP contribution in [0.5, 0.6) is 0 Å². The Morgan fingerprint density at radius 2 is 2.07 bits per heavy atom. The van der Waals surface area contributed by atoms with E-state index in [0.717, 1.165) is 18.9 Å². The maximum Gasteiger partial charge on any atom is 0.0576 e. The summed E-state index contributed by atoms with van der Waals surface area (Å²) in [6.07, 6.45) is 9.10. The van der Waals surface area contributed by atoms with Gasteiger partial charge in [0.1, 0.15) is 0 Å². The van der Waals surface area contributed by atoms with Crippen LogP contribution in [-0.4, -0.2) is 23.9 Å². The molecule has 2 heteroatoms. The lowest BCUT2D eigenvalue weighted by Gasteiger charge is -2.18. The molecule has 1 N–H and O–H groups in total. The molecule has 0 spiro atoms. The average molecular weight is 212 g/mol. The van der Waals surface area contributed by atoms with Crippen molar-refractivity contribution in [2.45, 2.75) is 64.1 Å². The molecule has 0 radical (unpaired) electrons. The Labute approximate surface area is 93.0 Å². The second-order valence-corrected chi connectivity index (χ2v) is 5.33. The lowest BCUT2D eigenvalue weighted by Crippen LogP contribution is -2.15. The fourth-order valence-electron chi connectivity index (χ4n) is 3.11. The standard InChI is InChI=1S/C13H24O2/c1-10-11(7-8-13(10)14)4-2-5-12-6-3-9-15-12/h10-14H,2-9H2,1H3. The molecule has 1 heterocycles. The summed E-state index contributed by atoms with van der Waals surface area (Å²) in [6, 6.07) is 0. The van der Waals surface area contributed by atoms with E-state index in [1.165, 1.54) is 38.5 Å². The predicted octanol–water partition coefficient (Wildman–Crippen LogP) is 2.74. The Morgan fingerprint density at radius 3 is 2.67 bits per heavy atom. The van der Waals surface area contributed by atoms with Crippen molar-refractivity contribution in [3.05, 3.63) is 0 Å². The minimum absolute atomic E-state index is 0.0299. The Bertz CT molecular complexity index is 187. The Morgan fingerprint density at radius 1 is 1.20 bits per heavy atom. The van der Waals surface area contributed by atoms with Crippen LogP contribution in [0.25, 0.3) is 0 Å². The Hall–Kier alpha value is -0.0800. The number of aliphatic hydroxyl groups excluding tert-OH is 1. The summed E-state index contributed by atoms with van der Waals surface area (Å²) in [6.45, 7) is 3.18. The Balaban J connectivity index is 1.61. The molecule has 0 aromatic rings. The van der Waals surface area contributed by atoms with Crippen LogP contribution in [0.3, 0.4) is 0 Å². The molecule has 2 rings (SSSR count). The minimum Gasteiger partial charge on any atom is -0.393 e. The van der Waals surface area contributed by atoms with Crippen molar-refractivity contribution in [1.82, 2.24) is 0 Å². The lowest BCUT2D eigenvalue weighted by molar-refractivity contribution is 0.0973. The average Bonchev–Trinajstić information content (AvgIpc) is 2.83. The number of ether oxygens (including phenoxy) is 1. The van der Waals surface area contributed by atoms with Gasteiger partial charge in [0, 0.05) is 6.61 Å². The van der Waals surface area contributed by atoms with Crippen molar-refractivity contribution in [2.24, 2.45) is 11.8 Å². The van der Waals surface area contributed by atoms with E-state index in [0.29, 0.717) is 12.0 Å². The number of hydrogen-bond acceptors (Lipinski definition) is 2. The molecule has 4 unspecified atom stereocenters. The topological polar surface area (TPSA) is 29.5 Å². The lowest BCUT2D eigenvalue weighted by atomic mass is 9.91. The molecule has 2 fully saturated rings. The smallest absolute Gasteiger partial charge is 0.0576 e. The Kier molecular flexibility index (Phi) is 4.04. The maximum atomic E-state index is 9.65. The second kappa shape index (κ2) is 5.31. The van der Waals surface area contributed by atoms with Gasteiger partial charge in [-0.2, -0.15) is 0 Å². The monoisotopic (exact) mass is 212 g/mol. The molecular formula is C13H24O2. The maximum absolute atomic E-state index is 9.65. The van der Waals surface area contributed by atoms with Crippen molar-refractivity contribution >= 4 is 0 Å². The third kappa shape index (κ3) is 2.94. The third-order valence-electron chi connectivity index (χ3n) is 4.31. The van der Waals surface area contributed by atoms with Gasteiger partial charge in [-0.15, -0.1) is 0 Å². The van der Waals surface area contributed by atoms with Crippen LogP contribution in [0.15, 0.2) is 0 Å². The van der Waals surface area contributed by atoms with Gasteiger partial charge in [-0.3, -0.25) is 0 Å². The summed E-state index contributed by atoms with van der Waals surface area (Å²) < 4.78 is 5.62. The highest BCUT2D eigenvalue weighted by Crippen LogP contribution is 2.35. The van der Waals surface area contributed by atoms with E-state index in [-0.39, 0.29) is 6.10 Å². The molecule has 1 saturated carbocycles. The van der Waals surface area contributed by atoms with Gasteiger partial charge in [-0.1, -0.05) is 19.8 Å². The fraction of sp³-hybridized carbons (Fsp3) is 1.00. The van der Waals surface area contributed by atoms with E-state index in [1.807, 2.05) is 0 Å². The van der Waals surface area contributed by atoms with Gasteiger partial charge in [-0.05, 0) is 43.9 Å². The first kappa shape index (κ1) is 11.4. The van der Waals surface area contributed by atoms with E-state index >= 15 is 0 Å². The van der Waals surface area contributed by atoms with E-state index < -0.39 is 0 Å². The summed E-state index contributed by atoms with van der Waals surface area (Å²) >= 11 is 0. The molecule has 0 amide bonds. The van der Waals surface area contributed by atoms with E-state index in [4.69, 9.17) is 4.74 Å². The molecule has 1 aliphatic carbocycles. The van der Waals surface area contributed by atoms with E-state index in [2.05, 4.69) is 6.92 Å². The highest BCUT2D eigenvalue weighted by Gasteiger charge is 2.30. The largest absolute Gasteiger partial charge is 0.393 e. The first-order valence-corrected chi connectivity index (χ1v) is 6.57. The van der Waals surface area contributed by atoms with Crippen molar-refractivity contribution in [3.8, 4) is 0 Å². The molecule has 0 bridgehead atoms. The van der Waals surface area contributed by atoms with Crippen LogP contribution < -0.4 is 0 Å². The van der Waals surface area contributed by atoms with Gasteiger partial charge in [0.25, 0.3) is 0 Å². The molecule has 15 heavy (non-hydrogen) atoms. The molecule has 4 atom stereocenters. The summed E-state index contributed by atoms with van der Waals surface area (Å²) in [4.78, 5) is 0.